The van der Waals surface area contributed by atoms with Crippen molar-refractivity contribution in [3.8, 4) is 0 Å². The lowest BCUT2D eigenvalue weighted by Gasteiger charge is -2.15. The maximum absolute atomic E-state index is 12.2. The number of aryl methyl sites for hydroxylation is 2. The number of hydrogen-bond acceptors (Lipinski definition) is 1. The molecular formula is C13H17F3O. The Hall–Kier alpha value is -1.03. The molecule has 17 heavy (non-hydrogen) atoms. The van der Waals surface area contributed by atoms with Crippen LogP contribution in [0.25, 0.3) is 0 Å². The van der Waals surface area contributed by atoms with Gasteiger partial charge in [0.25, 0.3) is 0 Å². The first-order valence-corrected chi connectivity index (χ1v) is 5.73. The van der Waals surface area contributed by atoms with Crippen molar-refractivity contribution >= 4 is 0 Å². The van der Waals surface area contributed by atoms with Gasteiger partial charge in [0, 0.05) is 0 Å². The highest BCUT2D eigenvalue weighted by atomic mass is 19.4. The molecule has 0 aromatic heterocycles. The fourth-order valence-electron chi connectivity index (χ4n) is 1.86. The standard InChI is InChI=1S/C13H17F3O/c1-3-9-5-6-11(7-10(9)4-2)12(17)8-13(14,15)16/h5-7,12,17H,3-4,8H2,1-2H3. The average Bonchev–Trinajstić information content (AvgIpc) is 2.25. The Labute approximate surface area is 99.3 Å². The molecule has 0 bridgehead atoms. The molecule has 0 saturated carbocycles. The van der Waals surface area contributed by atoms with Crippen molar-refractivity contribution in [2.75, 3.05) is 0 Å². The van der Waals surface area contributed by atoms with E-state index in [1.807, 2.05) is 13.8 Å². The van der Waals surface area contributed by atoms with Crippen LogP contribution in [0, 0.1) is 0 Å². The molecule has 0 saturated heterocycles. The molecule has 0 aliphatic carbocycles. The summed E-state index contributed by atoms with van der Waals surface area (Å²) in [6.45, 7) is 3.95. The van der Waals surface area contributed by atoms with Gasteiger partial charge in [-0.15, -0.1) is 0 Å². The van der Waals surface area contributed by atoms with Crippen LogP contribution >= 0.6 is 0 Å². The van der Waals surface area contributed by atoms with Crippen molar-refractivity contribution in [3.63, 3.8) is 0 Å². The third-order valence-electron chi connectivity index (χ3n) is 2.80. The quantitative estimate of drug-likeness (QED) is 0.856. The van der Waals surface area contributed by atoms with Crippen molar-refractivity contribution in [1.82, 2.24) is 0 Å². The molecule has 0 aliphatic rings. The molecule has 0 aliphatic heterocycles. The average molecular weight is 246 g/mol. The van der Waals surface area contributed by atoms with Gasteiger partial charge in [-0.3, -0.25) is 0 Å². The van der Waals surface area contributed by atoms with Crippen LogP contribution in [0.1, 0.15) is 43.1 Å². The Morgan fingerprint density at radius 1 is 1.12 bits per heavy atom. The maximum Gasteiger partial charge on any atom is 0.391 e. The van der Waals surface area contributed by atoms with Crippen LogP contribution in [0.15, 0.2) is 18.2 Å². The first-order valence-electron chi connectivity index (χ1n) is 5.73. The summed E-state index contributed by atoms with van der Waals surface area (Å²) in [7, 11) is 0. The van der Waals surface area contributed by atoms with E-state index in [1.54, 1.807) is 18.2 Å². The lowest BCUT2D eigenvalue weighted by Crippen LogP contribution is -2.13. The smallest absolute Gasteiger partial charge is 0.388 e. The summed E-state index contributed by atoms with van der Waals surface area (Å²) in [5.74, 6) is 0. The SMILES string of the molecule is CCc1ccc(C(O)CC(F)(F)F)cc1CC. The highest BCUT2D eigenvalue weighted by Crippen LogP contribution is 2.30. The zero-order chi connectivity index (χ0) is 13.1. The van der Waals surface area contributed by atoms with Crippen LogP contribution in [0.3, 0.4) is 0 Å². The normalized spacial score (nSPS) is 13.8. The molecule has 0 amide bonds. The third kappa shape index (κ3) is 4.04. The van der Waals surface area contributed by atoms with Crippen LogP contribution in [-0.2, 0) is 12.8 Å². The second-order valence-electron chi connectivity index (χ2n) is 4.07. The van der Waals surface area contributed by atoms with Crippen molar-refractivity contribution in [2.45, 2.75) is 45.4 Å². The van der Waals surface area contributed by atoms with E-state index >= 15 is 0 Å². The molecule has 0 heterocycles. The van der Waals surface area contributed by atoms with Gasteiger partial charge in [-0.05, 0) is 29.5 Å². The van der Waals surface area contributed by atoms with E-state index in [0.29, 0.717) is 5.56 Å². The molecule has 0 spiro atoms. The van der Waals surface area contributed by atoms with Gasteiger partial charge in [0.05, 0.1) is 12.5 Å². The molecule has 0 radical (unpaired) electrons. The van der Waals surface area contributed by atoms with Crippen LogP contribution in [0.4, 0.5) is 13.2 Å². The molecule has 96 valence electrons. The Morgan fingerprint density at radius 2 is 1.71 bits per heavy atom. The molecule has 1 N–H and O–H groups in total. The third-order valence-corrected chi connectivity index (χ3v) is 2.80. The fraction of sp³-hybridized carbons (Fsp3) is 0.538. The van der Waals surface area contributed by atoms with E-state index in [0.717, 1.165) is 24.0 Å². The van der Waals surface area contributed by atoms with E-state index in [1.165, 1.54) is 0 Å². The summed E-state index contributed by atoms with van der Waals surface area (Å²) in [5, 5.41) is 9.52. The number of halogens is 3. The van der Waals surface area contributed by atoms with Crippen LogP contribution in [-0.4, -0.2) is 11.3 Å². The Bertz CT molecular complexity index is 371. The number of rotatable bonds is 4. The van der Waals surface area contributed by atoms with Gasteiger partial charge in [-0.1, -0.05) is 32.0 Å². The first kappa shape index (κ1) is 14.0. The summed E-state index contributed by atoms with van der Waals surface area (Å²) < 4.78 is 36.5. The van der Waals surface area contributed by atoms with E-state index < -0.39 is 18.7 Å². The second-order valence-corrected chi connectivity index (χ2v) is 4.07. The van der Waals surface area contributed by atoms with Crippen molar-refractivity contribution in [1.29, 1.82) is 0 Å². The molecule has 1 aromatic carbocycles. The number of aliphatic hydroxyl groups excluding tert-OH is 1. The van der Waals surface area contributed by atoms with Gasteiger partial charge in [0.15, 0.2) is 0 Å². The summed E-state index contributed by atoms with van der Waals surface area (Å²) in [5.41, 5.74) is 2.47. The Kier molecular flexibility index (Phi) is 4.57. The minimum atomic E-state index is -4.34. The lowest BCUT2D eigenvalue weighted by molar-refractivity contribution is -0.154. The molecule has 1 rings (SSSR count). The number of benzene rings is 1. The van der Waals surface area contributed by atoms with Gasteiger partial charge in [0.1, 0.15) is 0 Å². The summed E-state index contributed by atoms with van der Waals surface area (Å²) in [4.78, 5) is 0. The summed E-state index contributed by atoms with van der Waals surface area (Å²) in [6.07, 6.45) is -5.39. The first-order chi connectivity index (χ1) is 7.87. The number of hydrogen-bond donors (Lipinski definition) is 1. The minimum Gasteiger partial charge on any atom is -0.388 e. The zero-order valence-electron chi connectivity index (χ0n) is 10.0. The zero-order valence-corrected chi connectivity index (χ0v) is 10.0. The molecule has 1 unspecified atom stereocenters. The summed E-state index contributed by atoms with van der Waals surface area (Å²) >= 11 is 0. The molecular weight excluding hydrogens is 229 g/mol. The fourth-order valence-corrected chi connectivity index (χ4v) is 1.86. The van der Waals surface area contributed by atoms with E-state index in [-0.39, 0.29) is 0 Å². The van der Waals surface area contributed by atoms with Crippen LogP contribution < -0.4 is 0 Å². The predicted octanol–water partition coefficient (Wildman–Crippen LogP) is 3.80. The topological polar surface area (TPSA) is 20.2 Å². The highest BCUT2D eigenvalue weighted by Gasteiger charge is 2.31. The van der Waals surface area contributed by atoms with Gasteiger partial charge in [0.2, 0.25) is 0 Å². The van der Waals surface area contributed by atoms with Crippen molar-refractivity contribution in [3.05, 3.63) is 34.9 Å². The predicted molar refractivity (Wildman–Crippen MR) is 60.8 cm³/mol. The monoisotopic (exact) mass is 246 g/mol. The maximum atomic E-state index is 12.2. The molecule has 4 heteroatoms. The molecule has 0 fully saturated rings. The van der Waals surface area contributed by atoms with E-state index in [9.17, 15) is 18.3 Å². The Morgan fingerprint density at radius 3 is 2.18 bits per heavy atom. The Balaban J connectivity index is 2.92. The van der Waals surface area contributed by atoms with Crippen LogP contribution in [0.2, 0.25) is 0 Å². The second kappa shape index (κ2) is 5.54. The van der Waals surface area contributed by atoms with Gasteiger partial charge < -0.3 is 5.11 Å². The largest absolute Gasteiger partial charge is 0.391 e. The summed E-state index contributed by atoms with van der Waals surface area (Å²) in [6, 6.07) is 5.05. The van der Waals surface area contributed by atoms with Crippen molar-refractivity contribution in [2.24, 2.45) is 0 Å². The van der Waals surface area contributed by atoms with E-state index in [2.05, 4.69) is 0 Å². The van der Waals surface area contributed by atoms with Gasteiger partial charge >= 0.3 is 6.18 Å². The van der Waals surface area contributed by atoms with Gasteiger partial charge in [-0.25, -0.2) is 0 Å². The van der Waals surface area contributed by atoms with E-state index in [4.69, 9.17) is 0 Å². The molecule has 1 aromatic rings. The number of alkyl halides is 3. The lowest BCUT2D eigenvalue weighted by atomic mass is 9.97. The number of aliphatic hydroxyl groups is 1. The minimum absolute atomic E-state index is 0.344. The molecule has 1 atom stereocenters. The highest BCUT2D eigenvalue weighted by molar-refractivity contribution is 5.33. The molecule has 1 nitrogen and oxygen atoms in total. The van der Waals surface area contributed by atoms with Crippen molar-refractivity contribution < 1.29 is 18.3 Å². The van der Waals surface area contributed by atoms with Crippen LogP contribution in [0.5, 0.6) is 0 Å². The van der Waals surface area contributed by atoms with Gasteiger partial charge in [-0.2, -0.15) is 13.2 Å².